The van der Waals surface area contributed by atoms with E-state index in [1.165, 1.54) is 0 Å². The topological polar surface area (TPSA) is 81.1 Å². The van der Waals surface area contributed by atoms with Crippen molar-refractivity contribution in [1.82, 2.24) is 5.43 Å². The predicted molar refractivity (Wildman–Crippen MR) is 60.3 cm³/mol. The molecule has 1 unspecified atom stereocenters. The predicted octanol–water partition coefficient (Wildman–Crippen LogP) is 1.37. The summed E-state index contributed by atoms with van der Waals surface area (Å²) in [6.07, 6.45) is 0.106. The van der Waals surface area contributed by atoms with Crippen LogP contribution in [0.1, 0.15) is 18.0 Å². The molecule has 1 aromatic rings. The normalized spacial score (nSPS) is 12.3. The van der Waals surface area contributed by atoms with Gasteiger partial charge in [-0.25, -0.2) is 5.84 Å². The van der Waals surface area contributed by atoms with Gasteiger partial charge in [0, 0.05) is 12.5 Å². The van der Waals surface area contributed by atoms with Crippen LogP contribution in [-0.4, -0.2) is 5.91 Å². The number of amides is 1. The van der Waals surface area contributed by atoms with Crippen molar-refractivity contribution in [3.8, 4) is 0 Å². The zero-order valence-corrected chi connectivity index (χ0v) is 9.35. The van der Waals surface area contributed by atoms with Crippen LogP contribution in [0.25, 0.3) is 0 Å². The first-order chi connectivity index (χ1) is 7.04. The molecule has 5 N–H and O–H groups in total. The highest BCUT2D eigenvalue weighted by Gasteiger charge is 2.11. The zero-order valence-electron chi connectivity index (χ0n) is 7.84. The number of carbonyl (C=O) groups is 1. The Morgan fingerprint density at radius 3 is 2.60 bits per heavy atom. The number of benzene rings is 1. The Labute approximate surface area is 97.5 Å². The number of hydrogen-bond donors (Lipinski definition) is 3. The summed E-state index contributed by atoms with van der Waals surface area (Å²) in [6.45, 7) is 0. The minimum absolute atomic E-state index is 0.106. The van der Waals surface area contributed by atoms with Gasteiger partial charge in [0.05, 0.1) is 10.0 Å². The van der Waals surface area contributed by atoms with Gasteiger partial charge in [-0.2, -0.15) is 0 Å². The second-order valence-corrected chi connectivity index (χ2v) is 3.87. The lowest BCUT2D eigenvalue weighted by atomic mass is 10.0. The maximum absolute atomic E-state index is 11.0. The molecule has 0 aromatic heterocycles. The standard InChI is InChI=1S/C9H11Cl2N3O/c10-6-2-1-5(3-7(6)11)8(12)4-9(15)14-13/h1-3,8H,4,12-13H2,(H,14,15). The van der Waals surface area contributed by atoms with E-state index in [2.05, 4.69) is 0 Å². The minimum atomic E-state index is -0.441. The van der Waals surface area contributed by atoms with Crippen molar-refractivity contribution in [2.75, 3.05) is 0 Å². The van der Waals surface area contributed by atoms with Crippen LogP contribution < -0.4 is 17.0 Å². The van der Waals surface area contributed by atoms with Gasteiger partial charge in [-0.15, -0.1) is 0 Å². The molecule has 82 valence electrons. The van der Waals surface area contributed by atoms with E-state index in [0.29, 0.717) is 10.0 Å². The molecule has 0 spiro atoms. The van der Waals surface area contributed by atoms with Crippen LogP contribution in [0.15, 0.2) is 18.2 Å². The van der Waals surface area contributed by atoms with Crippen LogP contribution in [0.3, 0.4) is 0 Å². The van der Waals surface area contributed by atoms with E-state index in [1.807, 2.05) is 5.43 Å². The third-order valence-corrected chi connectivity index (χ3v) is 2.68. The van der Waals surface area contributed by atoms with Crippen molar-refractivity contribution in [3.05, 3.63) is 33.8 Å². The lowest BCUT2D eigenvalue weighted by Gasteiger charge is -2.11. The largest absolute Gasteiger partial charge is 0.324 e. The molecule has 0 radical (unpaired) electrons. The molecule has 1 aromatic carbocycles. The van der Waals surface area contributed by atoms with Crippen molar-refractivity contribution in [1.29, 1.82) is 0 Å². The Morgan fingerprint density at radius 1 is 1.40 bits per heavy atom. The van der Waals surface area contributed by atoms with Gasteiger partial charge in [0.1, 0.15) is 0 Å². The fourth-order valence-corrected chi connectivity index (χ4v) is 1.43. The summed E-state index contributed by atoms with van der Waals surface area (Å²) < 4.78 is 0. The summed E-state index contributed by atoms with van der Waals surface area (Å²) in [4.78, 5) is 11.0. The van der Waals surface area contributed by atoms with Gasteiger partial charge >= 0.3 is 0 Å². The molecule has 1 atom stereocenters. The van der Waals surface area contributed by atoms with Crippen molar-refractivity contribution < 1.29 is 4.79 Å². The average molecular weight is 248 g/mol. The number of halogens is 2. The third-order valence-electron chi connectivity index (χ3n) is 1.94. The number of nitrogens with two attached hydrogens (primary N) is 2. The van der Waals surface area contributed by atoms with Crippen LogP contribution in [-0.2, 0) is 4.79 Å². The molecule has 0 aliphatic carbocycles. The highest BCUT2D eigenvalue weighted by molar-refractivity contribution is 6.42. The smallest absolute Gasteiger partial charge is 0.235 e. The molecule has 0 aliphatic rings. The maximum Gasteiger partial charge on any atom is 0.235 e. The van der Waals surface area contributed by atoms with Crippen LogP contribution in [0.5, 0.6) is 0 Å². The highest BCUT2D eigenvalue weighted by Crippen LogP contribution is 2.25. The monoisotopic (exact) mass is 247 g/mol. The molecule has 4 nitrogen and oxygen atoms in total. The van der Waals surface area contributed by atoms with E-state index < -0.39 is 6.04 Å². The molecular formula is C9H11Cl2N3O. The molecule has 0 aliphatic heterocycles. The van der Waals surface area contributed by atoms with Crippen LogP contribution in [0.2, 0.25) is 10.0 Å². The first-order valence-corrected chi connectivity index (χ1v) is 5.00. The van der Waals surface area contributed by atoms with Crippen LogP contribution >= 0.6 is 23.2 Å². The number of hydrogen-bond acceptors (Lipinski definition) is 3. The summed E-state index contributed by atoms with van der Waals surface area (Å²) in [5.41, 5.74) is 8.53. The molecule has 0 heterocycles. The number of hydrazine groups is 1. The van der Waals surface area contributed by atoms with Crippen molar-refractivity contribution in [2.45, 2.75) is 12.5 Å². The Kier molecular flexibility index (Phi) is 4.35. The lowest BCUT2D eigenvalue weighted by molar-refractivity contribution is -0.121. The molecule has 15 heavy (non-hydrogen) atoms. The summed E-state index contributed by atoms with van der Waals surface area (Å²) in [7, 11) is 0. The number of nitrogens with one attached hydrogen (secondary N) is 1. The van der Waals surface area contributed by atoms with Gasteiger partial charge in [0.15, 0.2) is 0 Å². The van der Waals surface area contributed by atoms with E-state index in [4.69, 9.17) is 34.8 Å². The molecule has 6 heteroatoms. The lowest BCUT2D eigenvalue weighted by Crippen LogP contribution is -2.32. The molecule has 0 saturated carbocycles. The highest BCUT2D eigenvalue weighted by atomic mass is 35.5. The average Bonchev–Trinajstić information content (AvgIpc) is 2.21. The van der Waals surface area contributed by atoms with Gasteiger partial charge in [-0.1, -0.05) is 29.3 Å². The van der Waals surface area contributed by atoms with Crippen LogP contribution in [0.4, 0.5) is 0 Å². The van der Waals surface area contributed by atoms with E-state index in [0.717, 1.165) is 5.56 Å². The first kappa shape index (κ1) is 12.3. The van der Waals surface area contributed by atoms with Gasteiger partial charge in [-0.3, -0.25) is 10.2 Å². The minimum Gasteiger partial charge on any atom is -0.324 e. The van der Waals surface area contributed by atoms with Crippen molar-refractivity contribution in [2.24, 2.45) is 11.6 Å². The SMILES string of the molecule is NNC(=O)CC(N)c1ccc(Cl)c(Cl)c1. The Hall–Kier alpha value is -0.810. The van der Waals surface area contributed by atoms with E-state index in [-0.39, 0.29) is 12.3 Å². The third kappa shape index (κ3) is 3.35. The molecule has 0 saturated heterocycles. The van der Waals surface area contributed by atoms with Gasteiger partial charge in [0.2, 0.25) is 5.91 Å². The molecular weight excluding hydrogens is 237 g/mol. The fraction of sp³-hybridized carbons (Fsp3) is 0.222. The number of carbonyl (C=O) groups excluding carboxylic acids is 1. The Balaban J connectivity index is 2.78. The van der Waals surface area contributed by atoms with Gasteiger partial charge < -0.3 is 5.73 Å². The molecule has 0 fully saturated rings. The summed E-state index contributed by atoms with van der Waals surface area (Å²) in [5, 5.41) is 0.869. The maximum atomic E-state index is 11.0. The molecule has 1 rings (SSSR count). The molecule has 1 amide bonds. The summed E-state index contributed by atoms with van der Waals surface area (Å²) >= 11 is 11.6. The second-order valence-electron chi connectivity index (χ2n) is 3.05. The molecule has 0 bridgehead atoms. The summed E-state index contributed by atoms with van der Waals surface area (Å²) in [5.74, 6) is 4.62. The summed E-state index contributed by atoms with van der Waals surface area (Å²) in [6, 6.07) is 4.56. The quantitative estimate of drug-likeness (QED) is 0.429. The zero-order chi connectivity index (χ0) is 11.4. The number of rotatable bonds is 3. The van der Waals surface area contributed by atoms with E-state index >= 15 is 0 Å². The van der Waals surface area contributed by atoms with E-state index in [9.17, 15) is 4.79 Å². The Bertz CT molecular complexity index is 370. The van der Waals surface area contributed by atoms with Crippen molar-refractivity contribution >= 4 is 29.1 Å². The fourth-order valence-electron chi connectivity index (χ4n) is 1.12. The first-order valence-electron chi connectivity index (χ1n) is 4.24. The van der Waals surface area contributed by atoms with Gasteiger partial charge in [0.25, 0.3) is 0 Å². The van der Waals surface area contributed by atoms with Gasteiger partial charge in [-0.05, 0) is 17.7 Å². The second kappa shape index (κ2) is 5.32. The van der Waals surface area contributed by atoms with Crippen LogP contribution in [0, 0.1) is 0 Å². The Morgan fingerprint density at radius 2 is 2.07 bits per heavy atom. The van der Waals surface area contributed by atoms with E-state index in [1.54, 1.807) is 18.2 Å². The van der Waals surface area contributed by atoms with Crippen molar-refractivity contribution in [3.63, 3.8) is 0 Å².